The van der Waals surface area contributed by atoms with Crippen LogP contribution >= 0.6 is 0 Å². The number of aromatic nitrogens is 1. The third kappa shape index (κ3) is 1.71. The van der Waals surface area contributed by atoms with E-state index in [-0.39, 0.29) is 5.91 Å². The Hall–Kier alpha value is -1.83. The molecule has 0 spiro atoms. The number of hydrogen-bond donors (Lipinski definition) is 1. The van der Waals surface area contributed by atoms with Crippen LogP contribution in [0, 0.1) is 16.7 Å². The number of nitriles is 1. The van der Waals surface area contributed by atoms with Crippen molar-refractivity contribution < 1.29 is 9.32 Å². The zero-order valence-electron chi connectivity index (χ0n) is 8.19. The van der Waals surface area contributed by atoms with Crippen LogP contribution in [-0.4, -0.2) is 11.1 Å². The predicted molar refractivity (Wildman–Crippen MR) is 51.6 cm³/mol. The highest BCUT2D eigenvalue weighted by atomic mass is 16.5. The van der Waals surface area contributed by atoms with Crippen molar-refractivity contribution in [3.8, 4) is 6.07 Å². The lowest BCUT2D eigenvalue weighted by Crippen LogP contribution is -2.32. The number of carbonyl (C=O) groups excluding carboxylic acids is 1. The molecule has 2 rings (SSSR count). The van der Waals surface area contributed by atoms with Crippen molar-refractivity contribution in [3.63, 3.8) is 0 Å². The van der Waals surface area contributed by atoms with E-state index in [9.17, 15) is 4.79 Å². The maximum atomic E-state index is 11.9. The summed E-state index contributed by atoms with van der Waals surface area (Å²) in [6, 6.07) is 3.67. The van der Waals surface area contributed by atoms with Crippen LogP contribution in [0.25, 0.3) is 0 Å². The highest BCUT2D eigenvalue weighted by molar-refractivity contribution is 5.96. The van der Waals surface area contributed by atoms with Crippen molar-refractivity contribution in [1.82, 2.24) is 5.16 Å². The molecule has 1 aromatic heterocycles. The quantitative estimate of drug-likeness (QED) is 0.796. The molecule has 15 heavy (non-hydrogen) atoms. The predicted octanol–water partition coefficient (Wildman–Crippen LogP) is 1.70. The Labute approximate surface area is 87.0 Å². The van der Waals surface area contributed by atoms with E-state index in [1.165, 1.54) is 6.26 Å². The molecular weight excluding hydrogens is 194 g/mol. The average Bonchev–Trinajstić information content (AvgIpc) is 2.87. The van der Waals surface area contributed by atoms with E-state index >= 15 is 0 Å². The summed E-state index contributed by atoms with van der Waals surface area (Å²) in [5.41, 5.74) is -0.862. The highest BCUT2D eigenvalue weighted by Gasteiger charge is 2.41. The number of rotatable bonds is 2. The second-order valence-electron chi connectivity index (χ2n) is 3.74. The molecule has 1 aliphatic carbocycles. The minimum atomic E-state index is -0.862. The Kier molecular flexibility index (Phi) is 2.42. The fourth-order valence-corrected chi connectivity index (χ4v) is 1.88. The summed E-state index contributed by atoms with van der Waals surface area (Å²) in [6.07, 6.45) is 4.50. The SMILES string of the molecule is N#CC1(C(=O)Nc2ccon2)CCCC1. The zero-order valence-corrected chi connectivity index (χ0v) is 8.19. The van der Waals surface area contributed by atoms with Gasteiger partial charge in [-0.05, 0) is 12.8 Å². The Morgan fingerprint density at radius 1 is 1.60 bits per heavy atom. The number of carbonyl (C=O) groups is 1. The Balaban J connectivity index is 2.10. The Morgan fingerprint density at radius 3 is 2.87 bits per heavy atom. The highest BCUT2D eigenvalue weighted by Crippen LogP contribution is 2.38. The molecular formula is C10H11N3O2. The second-order valence-corrected chi connectivity index (χ2v) is 3.74. The third-order valence-electron chi connectivity index (χ3n) is 2.79. The van der Waals surface area contributed by atoms with Crippen molar-refractivity contribution in [2.45, 2.75) is 25.7 Å². The van der Waals surface area contributed by atoms with Gasteiger partial charge in [0.2, 0.25) is 5.91 Å². The summed E-state index contributed by atoms with van der Waals surface area (Å²) in [5.74, 6) is 0.0953. The van der Waals surface area contributed by atoms with Gasteiger partial charge in [-0.1, -0.05) is 18.0 Å². The van der Waals surface area contributed by atoms with Crippen LogP contribution in [0.2, 0.25) is 0 Å². The Morgan fingerprint density at radius 2 is 2.33 bits per heavy atom. The van der Waals surface area contributed by atoms with Crippen LogP contribution in [0.3, 0.4) is 0 Å². The van der Waals surface area contributed by atoms with Gasteiger partial charge in [-0.25, -0.2) is 0 Å². The van der Waals surface area contributed by atoms with Crippen LogP contribution in [0.15, 0.2) is 16.9 Å². The van der Waals surface area contributed by atoms with Crippen molar-refractivity contribution >= 4 is 11.7 Å². The average molecular weight is 205 g/mol. The van der Waals surface area contributed by atoms with Gasteiger partial charge in [0, 0.05) is 6.07 Å². The van der Waals surface area contributed by atoms with Crippen LogP contribution in [0.4, 0.5) is 5.82 Å². The summed E-state index contributed by atoms with van der Waals surface area (Å²) in [6.45, 7) is 0. The zero-order chi connectivity index (χ0) is 10.7. The minimum Gasteiger partial charge on any atom is -0.363 e. The first-order chi connectivity index (χ1) is 7.27. The lowest BCUT2D eigenvalue weighted by molar-refractivity contribution is -0.122. The standard InChI is InChI=1S/C10H11N3O2/c11-7-10(4-1-2-5-10)9(14)12-8-3-6-15-13-8/h3,6H,1-2,4-5H2,(H,12,13,14). The van der Waals surface area contributed by atoms with Crippen molar-refractivity contribution in [1.29, 1.82) is 5.26 Å². The first-order valence-electron chi connectivity index (χ1n) is 4.90. The van der Waals surface area contributed by atoms with Crippen LogP contribution in [0.5, 0.6) is 0 Å². The van der Waals surface area contributed by atoms with Gasteiger partial charge in [0.1, 0.15) is 11.7 Å². The molecule has 1 heterocycles. The van der Waals surface area contributed by atoms with E-state index in [1.807, 2.05) is 0 Å². The number of nitrogens with one attached hydrogen (secondary N) is 1. The molecule has 1 N–H and O–H groups in total. The molecule has 78 valence electrons. The number of hydrogen-bond acceptors (Lipinski definition) is 4. The van der Waals surface area contributed by atoms with E-state index in [2.05, 4.69) is 21.1 Å². The third-order valence-corrected chi connectivity index (χ3v) is 2.79. The van der Waals surface area contributed by atoms with Crippen LogP contribution in [0.1, 0.15) is 25.7 Å². The molecule has 5 heteroatoms. The molecule has 1 fully saturated rings. The van der Waals surface area contributed by atoms with Gasteiger partial charge < -0.3 is 9.84 Å². The van der Waals surface area contributed by atoms with E-state index in [0.29, 0.717) is 18.7 Å². The smallest absolute Gasteiger partial charge is 0.246 e. The van der Waals surface area contributed by atoms with Crippen LogP contribution < -0.4 is 5.32 Å². The molecule has 0 aliphatic heterocycles. The van der Waals surface area contributed by atoms with Gasteiger partial charge in [-0.2, -0.15) is 5.26 Å². The van der Waals surface area contributed by atoms with Gasteiger partial charge in [0.25, 0.3) is 0 Å². The molecule has 0 bridgehead atoms. The van der Waals surface area contributed by atoms with Crippen molar-refractivity contribution in [3.05, 3.63) is 12.3 Å². The van der Waals surface area contributed by atoms with E-state index in [4.69, 9.17) is 5.26 Å². The molecule has 1 aliphatic rings. The molecule has 0 radical (unpaired) electrons. The largest absolute Gasteiger partial charge is 0.363 e. The minimum absolute atomic E-state index is 0.267. The fourth-order valence-electron chi connectivity index (χ4n) is 1.88. The first kappa shape index (κ1) is 9.71. The van der Waals surface area contributed by atoms with Crippen molar-refractivity contribution in [2.24, 2.45) is 5.41 Å². The summed E-state index contributed by atoms with van der Waals surface area (Å²) < 4.78 is 4.60. The molecule has 1 amide bonds. The Bertz CT molecular complexity index is 385. The van der Waals surface area contributed by atoms with E-state index in [1.54, 1.807) is 6.07 Å². The van der Waals surface area contributed by atoms with Gasteiger partial charge in [-0.3, -0.25) is 4.79 Å². The maximum absolute atomic E-state index is 11.9. The second kappa shape index (κ2) is 3.73. The lowest BCUT2D eigenvalue weighted by Gasteiger charge is -2.17. The maximum Gasteiger partial charge on any atom is 0.246 e. The normalized spacial score (nSPS) is 18.3. The number of amides is 1. The summed E-state index contributed by atoms with van der Waals surface area (Å²) in [4.78, 5) is 11.9. The number of anilines is 1. The van der Waals surface area contributed by atoms with Gasteiger partial charge in [0.15, 0.2) is 5.82 Å². The summed E-state index contributed by atoms with van der Waals surface area (Å²) in [5, 5.41) is 15.2. The molecule has 5 nitrogen and oxygen atoms in total. The summed E-state index contributed by atoms with van der Waals surface area (Å²) >= 11 is 0. The van der Waals surface area contributed by atoms with Crippen LogP contribution in [-0.2, 0) is 4.79 Å². The molecule has 0 unspecified atom stereocenters. The van der Waals surface area contributed by atoms with Gasteiger partial charge in [0.05, 0.1) is 6.07 Å². The lowest BCUT2D eigenvalue weighted by atomic mass is 9.87. The molecule has 0 atom stereocenters. The molecule has 0 aromatic carbocycles. The van der Waals surface area contributed by atoms with E-state index in [0.717, 1.165) is 12.8 Å². The molecule has 0 saturated heterocycles. The van der Waals surface area contributed by atoms with Crippen molar-refractivity contribution in [2.75, 3.05) is 5.32 Å². The fraction of sp³-hybridized carbons (Fsp3) is 0.500. The first-order valence-corrected chi connectivity index (χ1v) is 4.90. The monoisotopic (exact) mass is 205 g/mol. The topological polar surface area (TPSA) is 78.9 Å². The molecule has 1 saturated carbocycles. The van der Waals surface area contributed by atoms with Gasteiger partial charge in [-0.15, -0.1) is 0 Å². The number of nitrogens with zero attached hydrogens (tertiary/aromatic N) is 2. The van der Waals surface area contributed by atoms with Gasteiger partial charge >= 0.3 is 0 Å². The van der Waals surface area contributed by atoms with E-state index < -0.39 is 5.41 Å². The summed E-state index contributed by atoms with van der Waals surface area (Å²) in [7, 11) is 0. The molecule has 1 aromatic rings.